The molecule has 2 atom stereocenters. The van der Waals surface area contributed by atoms with Gasteiger partial charge in [-0.3, -0.25) is 0 Å². The summed E-state index contributed by atoms with van der Waals surface area (Å²) in [6, 6.07) is 10.2. The lowest BCUT2D eigenvalue weighted by atomic mass is 10.0. The van der Waals surface area contributed by atoms with E-state index in [-0.39, 0.29) is 0 Å². The molecule has 2 nitrogen and oxygen atoms in total. The average Bonchev–Trinajstić information content (AvgIpc) is 2.74. The number of anilines is 2. The fourth-order valence-electron chi connectivity index (χ4n) is 4.74. The van der Waals surface area contributed by atoms with Gasteiger partial charge < -0.3 is 9.80 Å². The lowest BCUT2D eigenvalue weighted by molar-refractivity contribution is 0.643. The minimum Gasteiger partial charge on any atom is -0.349 e. The quantitative estimate of drug-likeness (QED) is 0.704. The van der Waals surface area contributed by atoms with Crippen LogP contribution in [0.15, 0.2) is 24.3 Å². The predicted molar refractivity (Wildman–Crippen MR) is 110 cm³/mol. The fourth-order valence-corrected chi connectivity index (χ4v) is 4.74. The first-order valence-corrected chi connectivity index (χ1v) is 9.39. The first-order valence-electron chi connectivity index (χ1n) is 9.39. The number of aryl methyl sites for hydroxylation is 6. The molecule has 0 radical (unpaired) electrons. The third-order valence-corrected chi connectivity index (χ3v) is 5.83. The van der Waals surface area contributed by atoms with Crippen molar-refractivity contribution in [3.05, 3.63) is 57.6 Å². The molecule has 0 aliphatic carbocycles. The van der Waals surface area contributed by atoms with Gasteiger partial charge in [-0.1, -0.05) is 35.4 Å². The molecular weight excluding hydrogens is 304 g/mol. The van der Waals surface area contributed by atoms with Crippen LogP contribution >= 0.6 is 0 Å². The Balaban J connectivity index is 2.03. The van der Waals surface area contributed by atoms with Crippen LogP contribution in [-0.2, 0) is 0 Å². The van der Waals surface area contributed by atoms with Gasteiger partial charge in [0.15, 0.2) is 0 Å². The van der Waals surface area contributed by atoms with E-state index in [0.717, 1.165) is 6.67 Å². The van der Waals surface area contributed by atoms with Gasteiger partial charge in [-0.15, -0.1) is 0 Å². The predicted octanol–water partition coefficient (Wildman–Crippen LogP) is 5.60. The zero-order valence-electron chi connectivity index (χ0n) is 17.1. The molecule has 0 saturated carbocycles. The molecule has 2 aromatic rings. The van der Waals surface area contributed by atoms with E-state index in [1.54, 1.807) is 0 Å². The van der Waals surface area contributed by atoms with Gasteiger partial charge in [0.2, 0.25) is 0 Å². The summed E-state index contributed by atoms with van der Waals surface area (Å²) < 4.78 is 0. The van der Waals surface area contributed by atoms with Crippen molar-refractivity contribution in [3.8, 4) is 0 Å². The summed E-state index contributed by atoms with van der Waals surface area (Å²) in [5.41, 5.74) is 11.1. The maximum atomic E-state index is 2.59. The third kappa shape index (κ3) is 3.03. The lowest BCUT2D eigenvalue weighted by Crippen LogP contribution is -2.33. The van der Waals surface area contributed by atoms with Crippen LogP contribution in [0.1, 0.15) is 47.2 Å². The highest BCUT2D eigenvalue weighted by molar-refractivity contribution is 5.67. The molecule has 134 valence electrons. The summed E-state index contributed by atoms with van der Waals surface area (Å²) in [6.07, 6.45) is 0. The maximum absolute atomic E-state index is 2.59. The van der Waals surface area contributed by atoms with Crippen LogP contribution in [0.5, 0.6) is 0 Å². The molecule has 1 aliphatic heterocycles. The molecule has 2 heteroatoms. The molecule has 1 heterocycles. The highest BCUT2D eigenvalue weighted by Crippen LogP contribution is 2.37. The molecule has 0 spiro atoms. The topological polar surface area (TPSA) is 6.48 Å². The van der Waals surface area contributed by atoms with E-state index in [4.69, 9.17) is 0 Å². The van der Waals surface area contributed by atoms with Gasteiger partial charge in [0.1, 0.15) is 0 Å². The summed E-state index contributed by atoms with van der Waals surface area (Å²) in [7, 11) is 0. The Morgan fingerprint density at radius 2 is 0.880 bits per heavy atom. The zero-order valence-corrected chi connectivity index (χ0v) is 17.1. The number of nitrogens with zero attached hydrogens (tertiary/aromatic N) is 2. The SMILES string of the molecule is Cc1cc(C)c(N2CN(c3c(C)cc(C)cc3C)C(C)C2C)c(C)c1. The molecule has 0 bridgehead atoms. The standard InChI is InChI=1S/C23H32N2/c1-14-9-16(3)22(17(4)10-14)24-13-25(21(8)20(24)7)23-18(5)11-15(2)12-19(23)6/h9-12,20-21H,13H2,1-8H3. The Kier molecular flexibility index (Phi) is 4.57. The van der Waals surface area contributed by atoms with Gasteiger partial charge in [-0.2, -0.15) is 0 Å². The van der Waals surface area contributed by atoms with E-state index in [1.807, 2.05) is 0 Å². The van der Waals surface area contributed by atoms with E-state index in [9.17, 15) is 0 Å². The van der Waals surface area contributed by atoms with Gasteiger partial charge in [0, 0.05) is 23.5 Å². The van der Waals surface area contributed by atoms with E-state index in [0.29, 0.717) is 12.1 Å². The number of benzene rings is 2. The molecule has 1 fully saturated rings. The highest BCUT2D eigenvalue weighted by Gasteiger charge is 2.36. The van der Waals surface area contributed by atoms with Gasteiger partial charge >= 0.3 is 0 Å². The van der Waals surface area contributed by atoms with Crippen LogP contribution in [0.25, 0.3) is 0 Å². The smallest absolute Gasteiger partial charge is 0.0910 e. The summed E-state index contributed by atoms with van der Waals surface area (Å²) in [4.78, 5) is 5.18. The highest BCUT2D eigenvalue weighted by atomic mass is 15.4. The van der Waals surface area contributed by atoms with Crippen molar-refractivity contribution in [1.29, 1.82) is 0 Å². The largest absolute Gasteiger partial charge is 0.349 e. The van der Waals surface area contributed by atoms with Crippen molar-refractivity contribution in [2.45, 2.75) is 67.5 Å². The van der Waals surface area contributed by atoms with Gasteiger partial charge in [0.25, 0.3) is 0 Å². The molecule has 2 unspecified atom stereocenters. The minimum absolute atomic E-state index is 0.486. The van der Waals surface area contributed by atoms with E-state index in [1.165, 1.54) is 44.8 Å². The van der Waals surface area contributed by atoms with Gasteiger partial charge in [0.05, 0.1) is 6.67 Å². The first kappa shape index (κ1) is 17.8. The van der Waals surface area contributed by atoms with Crippen molar-refractivity contribution in [1.82, 2.24) is 0 Å². The Labute approximate surface area is 153 Å². The number of hydrogen-bond donors (Lipinski definition) is 0. The van der Waals surface area contributed by atoms with Crippen molar-refractivity contribution < 1.29 is 0 Å². The second-order valence-corrected chi connectivity index (χ2v) is 8.06. The van der Waals surface area contributed by atoms with Crippen LogP contribution in [0, 0.1) is 41.5 Å². The van der Waals surface area contributed by atoms with Crippen LogP contribution in [0.4, 0.5) is 11.4 Å². The normalized spacial score (nSPS) is 20.5. The van der Waals surface area contributed by atoms with Gasteiger partial charge in [-0.05, 0) is 77.6 Å². The minimum atomic E-state index is 0.486. The Morgan fingerprint density at radius 3 is 1.16 bits per heavy atom. The molecule has 25 heavy (non-hydrogen) atoms. The molecule has 0 aromatic heterocycles. The molecule has 3 rings (SSSR count). The monoisotopic (exact) mass is 336 g/mol. The average molecular weight is 337 g/mol. The molecule has 0 N–H and O–H groups in total. The Bertz CT molecular complexity index is 692. The van der Waals surface area contributed by atoms with Crippen molar-refractivity contribution in [2.24, 2.45) is 0 Å². The first-order chi connectivity index (χ1) is 11.7. The summed E-state index contributed by atoms with van der Waals surface area (Å²) in [5, 5.41) is 0. The molecule has 0 amide bonds. The Hall–Kier alpha value is -1.96. The van der Waals surface area contributed by atoms with Crippen molar-refractivity contribution in [2.75, 3.05) is 16.5 Å². The maximum Gasteiger partial charge on any atom is 0.0910 e. The van der Waals surface area contributed by atoms with E-state index in [2.05, 4.69) is 89.5 Å². The van der Waals surface area contributed by atoms with Crippen LogP contribution in [-0.4, -0.2) is 18.8 Å². The molecule has 1 saturated heterocycles. The summed E-state index contributed by atoms with van der Waals surface area (Å²) in [6.45, 7) is 19.0. The molecular formula is C23H32N2. The number of rotatable bonds is 2. The van der Waals surface area contributed by atoms with Crippen molar-refractivity contribution >= 4 is 11.4 Å². The van der Waals surface area contributed by atoms with E-state index >= 15 is 0 Å². The third-order valence-electron chi connectivity index (χ3n) is 5.83. The van der Waals surface area contributed by atoms with E-state index < -0.39 is 0 Å². The van der Waals surface area contributed by atoms with Gasteiger partial charge in [-0.25, -0.2) is 0 Å². The van der Waals surface area contributed by atoms with Crippen LogP contribution in [0.3, 0.4) is 0 Å². The van der Waals surface area contributed by atoms with Crippen molar-refractivity contribution in [3.63, 3.8) is 0 Å². The molecule has 1 aliphatic rings. The second-order valence-electron chi connectivity index (χ2n) is 8.06. The summed E-state index contributed by atoms with van der Waals surface area (Å²) in [5.74, 6) is 0. The fraction of sp³-hybridized carbons (Fsp3) is 0.478. The summed E-state index contributed by atoms with van der Waals surface area (Å²) >= 11 is 0. The number of hydrogen-bond acceptors (Lipinski definition) is 2. The molecule has 2 aromatic carbocycles. The van der Waals surface area contributed by atoms with Crippen LogP contribution < -0.4 is 9.80 Å². The lowest BCUT2D eigenvalue weighted by Gasteiger charge is -2.28. The van der Waals surface area contributed by atoms with Crippen LogP contribution in [0.2, 0.25) is 0 Å². The second kappa shape index (κ2) is 6.40. The zero-order chi connectivity index (χ0) is 18.5. The Morgan fingerprint density at radius 1 is 0.600 bits per heavy atom.